The summed E-state index contributed by atoms with van der Waals surface area (Å²) in [5, 5.41) is 0.180. The molecule has 0 spiro atoms. The molecule has 3 heterocycles. The first kappa shape index (κ1) is 25.6. The van der Waals surface area contributed by atoms with E-state index < -0.39 is 23.8 Å². The predicted molar refractivity (Wildman–Crippen MR) is 110 cm³/mol. The van der Waals surface area contributed by atoms with Crippen molar-refractivity contribution >= 4 is 16.9 Å². The highest BCUT2D eigenvalue weighted by atomic mass is 19.4. The van der Waals surface area contributed by atoms with E-state index in [4.69, 9.17) is 15.2 Å². The van der Waals surface area contributed by atoms with Gasteiger partial charge < -0.3 is 20.2 Å². The van der Waals surface area contributed by atoms with E-state index in [1.165, 1.54) is 13.8 Å². The molecule has 34 heavy (non-hydrogen) atoms. The number of halogens is 6. The number of H-pyrrole nitrogens is 1. The van der Waals surface area contributed by atoms with Crippen LogP contribution in [0.3, 0.4) is 0 Å². The van der Waals surface area contributed by atoms with Crippen LogP contribution >= 0.6 is 0 Å². The van der Waals surface area contributed by atoms with Crippen LogP contribution < -0.4 is 10.5 Å². The number of nitrogens with one attached hydrogen (secondary N) is 1. The summed E-state index contributed by atoms with van der Waals surface area (Å²) in [6.45, 7) is 2.87. The first-order chi connectivity index (χ1) is 15.7. The summed E-state index contributed by atoms with van der Waals surface area (Å²) >= 11 is 0. The lowest BCUT2D eigenvalue weighted by Crippen LogP contribution is -2.40. The number of nitrogens with two attached hydrogens (primary N) is 1. The van der Waals surface area contributed by atoms with Gasteiger partial charge in [-0.1, -0.05) is 18.2 Å². The Kier molecular flexibility index (Phi) is 7.26. The maximum Gasteiger partial charge on any atom is 0.523 e. The Morgan fingerprint density at radius 1 is 1.12 bits per heavy atom. The standard InChI is InChI=1S/C14H17F3O3.C7H5F3N4/c1-13(2,20-14(15,16)17)9-19-11-7-10-5-3-4-6-12(10)18-8-11;8-7(9,10)4-1-3-5(11)12-2-13-6(3)14-4/h3-6,11H,7-9H2,1-2H3;1-2H,(H3,11,12,13,14). The Hall–Kier alpha value is -3.06. The zero-order valence-electron chi connectivity index (χ0n) is 18.1. The minimum atomic E-state index is -4.66. The summed E-state index contributed by atoms with van der Waals surface area (Å²) in [7, 11) is 0. The van der Waals surface area contributed by atoms with Gasteiger partial charge in [-0.2, -0.15) is 13.2 Å². The van der Waals surface area contributed by atoms with Crippen molar-refractivity contribution in [1.29, 1.82) is 0 Å². The van der Waals surface area contributed by atoms with Crippen LogP contribution in [0.25, 0.3) is 11.0 Å². The van der Waals surface area contributed by atoms with Gasteiger partial charge in [0.15, 0.2) is 0 Å². The number of anilines is 1. The summed E-state index contributed by atoms with van der Waals surface area (Å²) < 4.78 is 88.4. The molecular weight excluding hydrogens is 470 g/mol. The number of ether oxygens (including phenoxy) is 3. The monoisotopic (exact) mass is 492 g/mol. The Morgan fingerprint density at radius 2 is 1.82 bits per heavy atom. The molecule has 1 aliphatic heterocycles. The lowest BCUT2D eigenvalue weighted by molar-refractivity contribution is -0.366. The third kappa shape index (κ3) is 6.97. The smallest absolute Gasteiger partial charge is 0.491 e. The molecule has 0 radical (unpaired) electrons. The van der Waals surface area contributed by atoms with Crippen molar-refractivity contribution in [2.24, 2.45) is 0 Å². The van der Waals surface area contributed by atoms with Gasteiger partial charge in [-0.05, 0) is 31.5 Å². The van der Waals surface area contributed by atoms with Crippen LogP contribution in [-0.2, 0) is 22.1 Å². The van der Waals surface area contributed by atoms with Crippen molar-refractivity contribution in [1.82, 2.24) is 15.0 Å². The van der Waals surface area contributed by atoms with Crippen LogP contribution in [0.2, 0.25) is 0 Å². The summed E-state index contributed by atoms with van der Waals surface area (Å²) in [5.41, 5.74) is 4.16. The fraction of sp³-hybridized carbons (Fsp3) is 0.429. The van der Waals surface area contributed by atoms with E-state index in [9.17, 15) is 26.3 Å². The second kappa shape index (κ2) is 9.66. The fourth-order valence-electron chi connectivity index (χ4n) is 3.18. The van der Waals surface area contributed by atoms with E-state index in [0.717, 1.165) is 23.7 Å². The zero-order chi connectivity index (χ0) is 25.1. The summed E-state index contributed by atoms with van der Waals surface area (Å²) in [5.74, 6) is 0.833. The van der Waals surface area contributed by atoms with E-state index >= 15 is 0 Å². The summed E-state index contributed by atoms with van der Waals surface area (Å²) in [6.07, 6.45) is -7.62. The van der Waals surface area contributed by atoms with E-state index in [1.807, 2.05) is 24.3 Å². The maximum atomic E-state index is 12.2. The molecule has 186 valence electrons. The van der Waals surface area contributed by atoms with Crippen molar-refractivity contribution in [3.8, 4) is 5.75 Å². The third-order valence-electron chi connectivity index (χ3n) is 4.67. The molecule has 0 bridgehead atoms. The molecule has 3 aromatic rings. The quantitative estimate of drug-likeness (QED) is 0.504. The largest absolute Gasteiger partial charge is 0.523 e. The zero-order valence-corrected chi connectivity index (χ0v) is 18.1. The number of alkyl halides is 6. The van der Waals surface area contributed by atoms with Gasteiger partial charge in [-0.15, -0.1) is 13.2 Å². The van der Waals surface area contributed by atoms with E-state index in [2.05, 4.69) is 19.7 Å². The first-order valence-corrected chi connectivity index (χ1v) is 9.99. The van der Waals surface area contributed by atoms with Gasteiger partial charge in [0.25, 0.3) is 0 Å². The Balaban J connectivity index is 0.000000202. The number of fused-ring (bicyclic) bond motifs is 2. The van der Waals surface area contributed by atoms with Crippen molar-refractivity contribution in [3.05, 3.63) is 47.9 Å². The van der Waals surface area contributed by atoms with Crippen molar-refractivity contribution in [3.63, 3.8) is 0 Å². The maximum absolute atomic E-state index is 12.2. The van der Waals surface area contributed by atoms with Gasteiger partial charge in [0.2, 0.25) is 0 Å². The molecule has 1 unspecified atom stereocenters. The lowest BCUT2D eigenvalue weighted by Gasteiger charge is -2.30. The second-order valence-electron chi connectivity index (χ2n) is 8.07. The molecule has 0 saturated heterocycles. The van der Waals surface area contributed by atoms with Crippen molar-refractivity contribution in [2.75, 3.05) is 18.9 Å². The number of para-hydroxylation sites is 1. The van der Waals surface area contributed by atoms with E-state index in [1.54, 1.807) is 0 Å². The number of hydrogen-bond donors (Lipinski definition) is 2. The van der Waals surface area contributed by atoms with Gasteiger partial charge in [0.05, 0.1) is 23.7 Å². The Labute approximate surface area is 190 Å². The van der Waals surface area contributed by atoms with Crippen molar-refractivity contribution in [2.45, 2.75) is 44.5 Å². The molecule has 0 saturated carbocycles. The number of nitrogens with zero attached hydrogens (tertiary/aromatic N) is 2. The van der Waals surface area contributed by atoms with Crippen LogP contribution in [0, 0.1) is 0 Å². The number of nitrogen functional groups attached to an aromatic ring is 1. The average Bonchev–Trinajstić information content (AvgIpc) is 3.17. The molecule has 13 heteroatoms. The predicted octanol–water partition coefficient (Wildman–Crippen LogP) is 4.88. The highest BCUT2D eigenvalue weighted by Gasteiger charge is 2.38. The highest BCUT2D eigenvalue weighted by Crippen LogP contribution is 2.31. The summed E-state index contributed by atoms with van der Waals surface area (Å²) in [6, 6.07) is 8.44. The van der Waals surface area contributed by atoms with Crippen LogP contribution in [0.4, 0.5) is 32.2 Å². The molecule has 7 nitrogen and oxygen atoms in total. The van der Waals surface area contributed by atoms with Crippen LogP contribution in [0.5, 0.6) is 5.75 Å². The molecule has 1 aromatic carbocycles. The lowest BCUT2D eigenvalue weighted by atomic mass is 10.0. The van der Waals surface area contributed by atoms with Gasteiger partial charge in [0, 0.05) is 6.42 Å². The Morgan fingerprint density at radius 3 is 2.47 bits per heavy atom. The van der Waals surface area contributed by atoms with E-state index in [0.29, 0.717) is 13.0 Å². The molecule has 3 N–H and O–H groups in total. The second-order valence-corrected chi connectivity index (χ2v) is 8.07. The van der Waals surface area contributed by atoms with E-state index in [-0.39, 0.29) is 29.6 Å². The molecule has 1 atom stereocenters. The molecule has 0 amide bonds. The van der Waals surface area contributed by atoms with Crippen LogP contribution in [-0.4, -0.2) is 46.2 Å². The normalized spacial score (nSPS) is 16.4. The number of hydrogen-bond acceptors (Lipinski definition) is 6. The molecular formula is C21H22F6N4O3. The average molecular weight is 492 g/mol. The van der Waals surface area contributed by atoms with Crippen LogP contribution in [0.15, 0.2) is 36.7 Å². The number of aromatic amines is 1. The molecule has 0 aliphatic carbocycles. The Bertz CT molecular complexity index is 1110. The van der Waals surface area contributed by atoms with Crippen molar-refractivity contribution < 1.29 is 40.6 Å². The fourth-order valence-corrected chi connectivity index (χ4v) is 3.18. The minimum absolute atomic E-state index is 0.0294. The number of benzene rings is 1. The molecule has 4 rings (SSSR count). The minimum Gasteiger partial charge on any atom is -0.491 e. The summed E-state index contributed by atoms with van der Waals surface area (Å²) in [4.78, 5) is 9.33. The van der Waals surface area contributed by atoms with Gasteiger partial charge >= 0.3 is 12.5 Å². The highest BCUT2D eigenvalue weighted by molar-refractivity contribution is 5.86. The third-order valence-corrected chi connectivity index (χ3v) is 4.67. The molecule has 2 aromatic heterocycles. The first-order valence-electron chi connectivity index (χ1n) is 9.99. The topological polar surface area (TPSA) is 95.3 Å². The molecule has 0 fully saturated rings. The van der Waals surface area contributed by atoms with Crippen LogP contribution in [0.1, 0.15) is 25.1 Å². The van der Waals surface area contributed by atoms with Gasteiger partial charge in [0.1, 0.15) is 35.8 Å². The SMILES string of the molecule is CC(C)(COC1COc2ccccc2C1)OC(F)(F)F.Nc1ncnc2[nH]c(C(F)(F)F)cc12. The number of rotatable bonds is 4. The van der Waals surface area contributed by atoms with Gasteiger partial charge in [-0.25, -0.2) is 9.97 Å². The van der Waals surface area contributed by atoms with Gasteiger partial charge in [-0.3, -0.25) is 4.74 Å². The molecule has 1 aliphatic rings. The number of aromatic nitrogens is 3.